The van der Waals surface area contributed by atoms with E-state index < -0.39 is 0 Å². The summed E-state index contributed by atoms with van der Waals surface area (Å²) < 4.78 is 2.56. The fourth-order valence-corrected chi connectivity index (χ4v) is 8.68. The number of para-hydroxylation sites is 1. The molecular weight excluding hydrogens is 530 g/mol. The third-order valence-electron chi connectivity index (χ3n) is 11.1. The molecule has 2 heterocycles. The van der Waals surface area contributed by atoms with Crippen LogP contribution in [0.5, 0.6) is 0 Å². The molecule has 1 aromatic heterocycles. The quantitative estimate of drug-likeness (QED) is 0.203. The first kappa shape index (κ1) is 27.2. The van der Waals surface area contributed by atoms with Crippen molar-refractivity contribution in [3.05, 3.63) is 131 Å². The van der Waals surface area contributed by atoms with E-state index in [1.807, 2.05) is 0 Å². The van der Waals surface area contributed by atoms with Gasteiger partial charge in [0.15, 0.2) is 0 Å². The molecule has 3 aliphatic rings. The highest BCUT2D eigenvalue weighted by molar-refractivity contribution is 6.14. The minimum Gasteiger partial charge on any atom is -0.309 e. The molecule has 218 valence electrons. The summed E-state index contributed by atoms with van der Waals surface area (Å²) in [4.78, 5) is 0. The van der Waals surface area contributed by atoms with Crippen LogP contribution in [0, 0.1) is 5.92 Å². The molecule has 0 spiro atoms. The van der Waals surface area contributed by atoms with Crippen molar-refractivity contribution in [2.75, 3.05) is 0 Å². The molecule has 1 atom stereocenters. The molecule has 1 nitrogen and oxygen atoms in total. The average Bonchev–Trinajstić information content (AvgIpc) is 3.45. The van der Waals surface area contributed by atoms with Gasteiger partial charge in [0.1, 0.15) is 0 Å². The number of rotatable bonds is 3. The zero-order valence-electron chi connectivity index (χ0n) is 27.0. The molecule has 2 aliphatic carbocycles. The van der Waals surface area contributed by atoms with Crippen LogP contribution in [0.25, 0.3) is 55.3 Å². The first-order valence-electron chi connectivity index (χ1n) is 16.2. The van der Waals surface area contributed by atoms with Gasteiger partial charge in [0.25, 0.3) is 0 Å². The molecule has 1 heteroatoms. The zero-order valence-corrected chi connectivity index (χ0v) is 27.0. The lowest BCUT2D eigenvalue weighted by atomic mass is 9.68. The molecule has 1 aliphatic heterocycles. The minimum absolute atomic E-state index is 0.000166. The molecule has 0 saturated heterocycles. The fourth-order valence-electron chi connectivity index (χ4n) is 8.68. The molecule has 8 rings (SSSR count). The molecular formula is C43H41N. The predicted molar refractivity (Wildman–Crippen MR) is 190 cm³/mol. The van der Waals surface area contributed by atoms with E-state index in [2.05, 4.69) is 156 Å². The van der Waals surface area contributed by atoms with Crippen LogP contribution in [-0.2, 0) is 10.8 Å². The summed E-state index contributed by atoms with van der Waals surface area (Å²) in [5, 5.41) is 2.68. The van der Waals surface area contributed by atoms with Gasteiger partial charge >= 0.3 is 0 Å². The number of benzene rings is 4. The van der Waals surface area contributed by atoms with Crippen LogP contribution in [0.4, 0.5) is 0 Å². The van der Waals surface area contributed by atoms with Gasteiger partial charge in [0, 0.05) is 27.3 Å². The minimum atomic E-state index is 0.000166. The molecule has 0 N–H and O–H groups in total. The molecule has 5 aromatic rings. The molecule has 1 unspecified atom stereocenters. The second-order valence-corrected chi connectivity index (χ2v) is 14.2. The summed E-state index contributed by atoms with van der Waals surface area (Å²) >= 11 is 0. The summed E-state index contributed by atoms with van der Waals surface area (Å²) in [6, 6.07) is 30.1. The summed E-state index contributed by atoms with van der Waals surface area (Å²) in [6.45, 7) is 16.4. The van der Waals surface area contributed by atoms with E-state index in [-0.39, 0.29) is 10.8 Å². The van der Waals surface area contributed by atoms with Gasteiger partial charge in [0.2, 0.25) is 0 Å². The summed E-state index contributed by atoms with van der Waals surface area (Å²) in [6.07, 6.45) is 10.3. The van der Waals surface area contributed by atoms with Gasteiger partial charge in [-0.05, 0) is 101 Å². The van der Waals surface area contributed by atoms with E-state index in [4.69, 9.17) is 0 Å². The van der Waals surface area contributed by atoms with Crippen LogP contribution in [0.2, 0.25) is 0 Å². The van der Waals surface area contributed by atoms with Crippen molar-refractivity contribution in [1.29, 1.82) is 0 Å². The van der Waals surface area contributed by atoms with Crippen LogP contribution < -0.4 is 0 Å². The summed E-state index contributed by atoms with van der Waals surface area (Å²) in [5.74, 6) is 0.530. The molecule has 4 aromatic carbocycles. The maximum atomic E-state index is 2.56. The first-order chi connectivity index (χ1) is 21.1. The van der Waals surface area contributed by atoms with E-state index in [0.29, 0.717) is 5.92 Å². The van der Waals surface area contributed by atoms with Crippen molar-refractivity contribution in [3.63, 3.8) is 0 Å². The summed E-state index contributed by atoms with van der Waals surface area (Å²) in [7, 11) is 0. The maximum Gasteiger partial charge on any atom is 0.0581 e. The Morgan fingerprint density at radius 1 is 0.750 bits per heavy atom. The standard InChI is InChI=1S/C43H41N/c1-8-13-30-27(3)42(4,5)37-25-29(20-22-33(30)37)32-16-10-9-15-31(32)28-21-23-38-35(24-28)34-17-12-18-36-41(34)44(38)39-19-11-14-26(2)40(39)43(36,6)7/h8-13,15-26H,14H2,1-7H3/b13-8-. The molecule has 0 fully saturated rings. The predicted octanol–water partition coefficient (Wildman–Crippen LogP) is 11.9. The lowest BCUT2D eigenvalue weighted by Gasteiger charge is -2.40. The Morgan fingerprint density at radius 2 is 1.48 bits per heavy atom. The van der Waals surface area contributed by atoms with Crippen LogP contribution in [-0.4, -0.2) is 4.57 Å². The fraction of sp³-hybridized carbons (Fsp3) is 0.256. The number of nitrogens with zero attached hydrogens (tertiary/aromatic N) is 1. The van der Waals surface area contributed by atoms with Crippen LogP contribution in [0.1, 0.15) is 71.6 Å². The van der Waals surface area contributed by atoms with E-state index in [9.17, 15) is 0 Å². The first-order valence-corrected chi connectivity index (χ1v) is 16.2. The van der Waals surface area contributed by atoms with E-state index in [1.54, 1.807) is 5.57 Å². The van der Waals surface area contributed by atoms with Crippen molar-refractivity contribution >= 4 is 33.1 Å². The monoisotopic (exact) mass is 571 g/mol. The third kappa shape index (κ3) is 3.53. The molecule has 44 heavy (non-hydrogen) atoms. The van der Waals surface area contributed by atoms with Gasteiger partial charge in [0.05, 0.1) is 11.0 Å². The van der Waals surface area contributed by atoms with Gasteiger partial charge in [-0.2, -0.15) is 0 Å². The number of hydrogen-bond acceptors (Lipinski definition) is 0. The van der Waals surface area contributed by atoms with Gasteiger partial charge in [-0.25, -0.2) is 0 Å². The van der Waals surface area contributed by atoms with E-state index in [1.165, 1.54) is 77.6 Å². The highest BCUT2D eigenvalue weighted by Gasteiger charge is 2.39. The topological polar surface area (TPSA) is 4.93 Å². The zero-order chi connectivity index (χ0) is 30.5. The number of aromatic nitrogens is 1. The smallest absolute Gasteiger partial charge is 0.0581 e. The number of hydrogen-bond donors (Lipinski definition) is 0. The Kier molecular flexibility index (Phi) is 5.76. The van der Waals surface area contributed by atoms with E-state index in [0.717, 1.165) is 6.42 Å². The lowest BCUT2D eigenvalue weighted by Crippen LogP contribution is -2.31. The molecule has 0 amide bonds. The Morgan fingerprint density at radius 3 is 2.23 bits per heavy atom. The SMILES string of the molecule is C/C=C\C1=C(C)C(C)(C)c2cc(-c3ccccc3-c3ccc4c(c3)c3cccc5c3n4C3=C(C(C)CC=C3)C5(C)C)ccc21. The van der Waals surface area contributed by atoms with Gasteiger partial charge < -0.3 is 4.57 Å². The van der Waals surface area contributed by atoms with Crippen LogP contribution in [0.3, 0.4) is 0 Å². The Bertz CT molecular complexity index is 2170. The molecule has 0 radical (unpaired) electrons. The number of allylic oxidation sites excluding steroid dienone is 8. The van der Waals surface area contributed by atoms with Crippen LogP contribution >= 0.6 is 0 Å². The van der Waals surface area contributed by atoms with Crippen molar-refractivity contribution in [1.82, 2.24) is 4.57 Å². The normalized spacial score (nSPS) is 19.8. The average molecular weight is 572 g/mol. The van der Waals surface area contributed by atoms with Crippen molar-refractivity contribution in [2.45, 2.75) is 65.7 Å². The second-order valence-electron chi connectivity index (χ2n) is 14.2. The third-order valence-corrected chi connectivity index (χ3v) is 11.1. The van der Waals surface area contributed by atoms with Crippen molar-refractivity contribution in [2.24, 2.45) is 5.92 Å². The van der Waals surface area contributed by atoms with Crippen LogP contribution in [0.15, 0.2) is 114 Å². The Labute approximate surface area is 261 Å². The Hall–Kier alpha value is -4.36. The maximum absolute atomic E-state index is 2.56. The van der Waals surface area contributed by atoms with Crippen molar-refractivity contribution < 1.29 is 0 Å². The lowest BCUT2D eigenvalue weighted by molar-refractivity contribution is 0.512. The van der Waals surface area contributed by atoms with Crippen molar-refractivity contribution in [3.8, 4) is 22.3 Å². The molecule has 0 saturated carbocycles. The van der Waals surface area contributed by atoms with E-state index >= 15 is 0 Å². The summed E-state index contributed by atoms with van der Waals surface area (Å²) in [5.41, 5.74) is 17.8. The molecule has 0 bridgehead atoms. The largest absolute Gasteiger partial charge is 0.309 e. The van der Waals surface area contributed by atoms with Gasteiger partial charge in [-0.15, -0.1) is 0 Å². The van der Waals surface area contributed by atoms with Gasteiger partial charge in [-0.1, -0.05) is 119 Å². The van der Waals surface area contributed by atoms with Gasteiger partial charge in [-0.3, -0.25) is 0 Å². The Balaban J connectivity index is 1.32. The number of fused-ring (bicyclic) bond motifs is 5. The highest BCUT2D eigenvalue weighted by atomic mass is 15.0. The highest BCUT2D eigenvalue weighted by Crippen LogP contribution is 2.52. The second kappa shape index (κ2) is 9.32.